The minimum atomic E-state index is -1.67. The van der Waals surface area contributed by atoms with Gasteiger partial charge in [-0.05, 0) is 25.0 Å². The van der Waals surface area contributed by atoms with Crippen LogP contribution in [0.2, 0.25) is 0 Å². The van der Waals surface area contributed by atoms with Crippen LogP contribution in [0.15, 0.2) is 30.3 Å². The molecular formula is C24H42NO2P+2. The number of hydrogen-bond acceptors (Lipinski definition) is 2. The van der Waals surface area contributed by atoms with Gasteiger partial charge in [-0.25, -0.2) is 4.79 Å². The van der Waals surface area contributed by atoms with Gasteiger partial charge in [0.1, 0.15) is 0 Å². The molecule has 1 rings (SSSR count). The molecule has 0 saturated carbocycles. The Bertz CT molecular complexity index is 574. The number of carbonyl (C=O) groups excluding carboxylic acids is 1. The molecule has 0 spiro atoms. The summed E-state index contributed by atoms with van der Waals surface area (Å²) in [6.07, 6.45) is 7.53. The quantitative estimate of drug-likeness (QED) is 0.210. The van der Waals surface area contributed by atoms with Gasteiger partial charge < -0.3 is 0 Å². The van der Waals surface area contributed by atoms with Gasteiger partial charge in [0.2, 0.25) is 0 Å². The fraction of sp³-hybridized carbons (Fsp3) is 0.708. The van der Waals surface area contributed by atoms with Gasteiger partial charge >= 0.3 is 13.7 Å². The second-order valence-electron chi connectivity index (χ2n) is 9.06. The van der Waals surface area contributed by atoms with Crippen LogP contribution in [0.4, 0.5) is 0 Å². The van der Waals surface area contributed by atoms with Crippen LogP contribution >= 0.6 is 7.80 Å². The zero-order chi connectivity index (χ0) is 21.0. The van der Waals surface area contributed by atoms with Crippen molar-refractivity contribution in [1.29, 1.82) is 0 Å². The Labute approximate surface area is 174 Å². The van der Waals surface area contributed by atoms with Gasteiger partial charge in [-0.3, -0.25) is 4.48 Å². The molecule has 28 heavy (non-hydrogen) atoms. The molecule has 0 N–H and O–H groups in total. The van der Waals surface area contributed by atoms with E-state index in [4.69, 9.17) is 0 Å². The van der Waals surface area contributed by atoms with Gasteiger partial charge in [0.15, 0.2) is 5.30 Å². The van der Waals surface area contributed by atoms with Crippen molar-refractivity contribution in [3.8, 4) is 0 Å². The summed E-state index contributed by atoms with van der Waals surface area (Å²) < 4.78 is 13.3. The summed E-state index contributed by atoms with van der Waals surface area (Å²) in [4.78, 5) is 13.5. The number of quaternary nitrogens is 1. The first kappa shape index (κ1) is 25.0. The van der Waals surface area contributed by atoms with Crippen molar-refractivity contribution in [2.24, 2.45) is 11.8 Å². The number of amides is 1. The normalized spacial score (nSPS) is 12.6. The molecule has 0 saturated heterocycles. The molecule has 0 bridgehead atoms. The summed E-state index contributed by atoms with van der Waals surface area (Å²) in [5, 5.41) is 0.789. The number of benzene rings is 1. The van der Waals surface area contributed by atoms with Crippen molar-refractivity contribution in [3.63, 3.8) is 0 Å². The lowest BCUT2D eigenvalue weighted by atomic mass is 10.0. The lowest BCUT2D eigenvalue weighted by molar-refractivity contribution is -0.860. The summed E-state index contributed by atoms with van der Waals surface area (Å²) in [6, 6.07) is 9.46. The van der Waals surface area contributed by atoms with Crippen LogP contribution in [0.3, 0.4) is 0 Å². The fourth-order valence-electron chi connectivity index (χ4n) is 4.14. The zero-order valence-electron chi connectivity index (χ0n) is 18.8. The topological polar surface area (TPSA) is 34.1 Å². The molecular weight excluding hydrogens is 365 g/mol. The standard InChI is InChI=1S/C24H42NO2P/c1-6-7-8-9-10-14-17-25(18-21(2)3,19-22(4)5)24(26)20-28(27)23-15-12-11-13-16-23/h11-13,15-16,21-22H,6-10,14,17-20H2,1-5H3/q+2. The molecule has 0 fully saturated rings. The van der Waals surface area contributed by atoms with Gasteiger partial charge in [-0.1, -0.05) is 83.1 Å². The third-order valence-electron chi connectivity index (χ3n) is 5.22. The van der Waals surface area contributed by atoms with Crippen LogP contribution in [-0.2, 0) is 9.36 Å². The first-order valence-corrected chi connectivity index (χ1v) is 12.6. The Balaban J connectivity index is 2.89. The average molecular weight is 408 g/mol. The molecule has 4 heteroatoms. The molecule has 3 nitrogen and oxygen atoms in total. The summed E-state index contributed by atoms with van der Waals surface area (Å²) in [5.74, 6) is 1.05. The maximum atomic E-state index is 13.5. The van der Waals surface area contributed by atoms with E-state index in [0.717, 1.165) is 31.4 Å². The maximum Gasteiger partial charge on any atom is 0.391 e. The van der Waals surface area contributed by atoms with Crippen molar-refractivity contribution in [2.45, 2.75) is 73.1 Å². The summed E-state index contributed by atoms with van der Waals surface area (Å²) in [5.41, 5.74) is 0. The maximum absolute atomic E-state index is 13.5. The third-order valence-corrected chi connectivity index (χ3v) is 6.65. The molecule has 0 aromatic heterocycles. The van der Waals surface area contributed by atoms with Crippen LogP contribution < -0.4 is 5.30 Å². The highest BCUT2D eigenvalue weighted by Gasteiger charge is 2.42. The summed E-state index contributed by atoms with van der Waals surface area (Å²) in [7, 11) is -1.67. The van der Waals surface area contributed by atoms with Crippen LogP contribution in [0.1, 0.15) is 73.1 Å². The van der Waals surface area contributed by atoms with Gasteiger partial charge in [0, 0.05) is 11.8 Å². The largest absolute Gasteiger partial charge is 0.391 e. The molecule has 1 aromatic carbocycles. The van der Waals surface area contributed by atoms with Crippen LogP contribution in [0.25, 0.3) is 0 Å². The van der Waals surface area contributed by atoms with Crippen molar-refractivity contribution in [2.75, 3.05) is 25.8 Å². The molecule has 0 radical (unpaired) electrons. The van der Waals surface area contributed by atoms with E-state index in [2.05, 4.69) is 34.6 Å². The van der Waals surface area contributed by atoms with E-state index in [1.165, 1.54) is 32.1 Å². The molecule has 0 aliphatic heterocycles. The smallest absolute Gasteiger partial charge is 0.256 e. The lowest BCUT2D eigenvalue weighted by Gasteiger charge is -2.38. The van der Waals surface area contributed by atoms with E-state index < -0.39 is 7.80 Å². The highest BCUT2D eigenvalue weighted by atomic mass is 31.1. The fourth-order valence-corrected chi connectivity index (χ4v) is 5.37. The predicted octanol–water partition coefficient (Wildman–Crippen LogP) is 6.16. The predicted molar refractivity (Wildman–Crippen MR) is 121 cm³/mol. The number of unbranched alkanes of at least 4 members (excludes halogenated alkanes) is 5. The number of rotatable bonds is 14. The molecule has 0 aliphatic carbocycles. The lowest BCUT2D eigenvalue weighted by Crippen LogP contribution is -2.58. The van der Waals surface area contributed by atoms with E-state index >= 15 is 0 Å². The molecule has 1 amide bonds. The van der Waals surface area contributed by atoms with Gasteiger partial charge in [-0.2, -0.15) is 0 Å². The van der Waals surface area contributed by atoms with Crippen LogP contribution in [-0.4, -0.2) is 36.2 Å². The first-order valence-electron chi connectivity index (χ1n) is 11.2. The zero-order valence-corrected chi connectivity index (χ0v) is 19.7. The average Bonchev–Trinajstić information content (AvgIpc) is 2.64. The highest BCUT2D eigenvalue weighted by Crippen LogP contribution is 2.26. The number of hydrogen-bond donors (Lipinski definition) is 0. The molecule has 158 valence electrons. The Hall–Kier alpha value is -1.05. The second kappa shape index (κ2) is 13.2. The Morgan fingerprint density at radius 3 is 1.96 bits per heavy atom. The molecule has 0 aliphatic rings. The van der Waals surface area contributed by atoms with E-state index in [9.17, 15) is 9.36 Å². The monoisotopic (exact) mass is 407 g/mol. The molecule has 0 heterocycles. The van der Waals surface area contributed by atoms with Crippen LogP contribution in [0.5, 0.6) is 0 Å². The third kappa shape index (κ3) is 8.97. The van der Waals surface area contributed by atoms with E-state index in [1.54, 1.807) is 0 Å². The van der Waals surface area contributed by atoms with Crippen molar-refractivity contribution in [1.82, 2.24) is 0 Å². The number of nitrogens with zero attached hydrogens (tertiary/aromatic N) is 1. The minimum Gasteiger partial charge on any atom is -0.256 e. The van der Waals surface area contributed by atoms with Gasteiger partial charge in [-0.15, -0.1) is 0 Å². The SMILES string of the molecule is CCCCCCCC[N+](CC(C)C)(CC(C)C)C(=O)C[P+](=O)c1ccccc1. The van der Waals surface area contributed by atoms with E-state index in [0.29, 0.717) is 16.3 Å². The Morgan fingerprint density at radius 1 is 0.893 bits per heavy atom. The minimum absolute atomic E-state index is 0.161. The van der Waals surface area contributed by atoms with Crippen LogP contribution in [0, 0.1) is 11.8 Å². The second-order valence-corrected chi connectivity index (χ2v) is 10.6. The summed E-state index contributed by atoms with van der Waals surface area (Å²) >= 11 is 0. The van der Waals surface area contributed by atoms with Gasteiger partial charge in [0.25, 0.3) is 6.16 Å². The summed E-state index contributed by atoms with van der Waals surface area (Å²) in [6.45, 7) is 13.6. The highest BCUT2D eigenvalue weighted by molar-refractivity contribution is 7.54. The van der Waals surface area contributed by atoms with Crippen molar-refractivity contribution < 1.29 is 13.8 Å². The Kier molecular flexibility index (Phi) is 11.8. The van der Waals surface area contributed by atoms with E-state index in [1.807, 2.05) is 30.3 Å². The molecule has 1 unspecified atom stereocenters. The molecule has 1 atom stereocenters. The number of carbonyl (C=O) groups is 1. The van der Waals surface area contributed by atoms with Gasteiger partial charge in [0.05, 0.1) is 19.6 Å². The van der Waals surface area contributed by atoms with Crippen molar-refractivity contribution in [3.05, 3.63) is 30.3 Å². The van der Waals surface area contributed by atoms with E-state index in [-0.39, 0.29) is 12.1 Å². The first-order chi connectivity index (χ1) is 13.3. The molecule has 1 aromatic rings. The Morgan fingerprint density at radius 2 is 1.43 bits per heavy atom. The van der Waals surface area contributed by atoms with Crippen molar-refractivity contribution >= 4 is 19.0 Å².